The van der Waals surface area contributed by atoms with Crippen molar-refractivity contribution in [3.63, 3.8) is 0 Å². The van der Waals surface area contributed by atoms with Gasteiger partial charge in [-0.15, -0.1) is 0 Å². The summed E-state index contributed by atoms with van der Waals surface area (Å²) in [5, 5.41) is 12.3. The highest BCUT2D eigenvalue weighted by molar-refractivity contribution is 9.10. The van der Waals surface area contributed by atoms with E-state index in [0.717, 1.165) is 21.5 Å². The number of halogens is 1. The van der Waals surface area contributed by atoms with Crippen molar-refractivity contribution >= 4 is 15.9 Å². The van der Waals surface area contributed by atoms with Crippen LogP contribution in [0.25, 0.3) is 5.69 Å². The van der Waals surface area contributed by atoms with Crippen LogP contribution in [0.4, 0.5) is 0 Å². The maximum absolute atomic E-state index is 9.21. The molecule has 0 bridgehead atoms. The molecule has 0 radical (unpaired) electrons. The first kappa shape index (κ1) is 12.8. The summed E-state index contributed by atoms with van der Waals surface area (Å²) >= 11 is 3.38. The summed E-state index contributed by atoms with van der Waals surface area (Å²) in [5.74, 6) is 0. The van der Waals surface area contributed by atoms with E-state index in [0.29, 0.717) is 12.1 Å². The zero-order valence-electron chi connectivity index (χ0n) is 10.2. The molecule has 2 rings (SSSR count). The van der Waals surface area contributed by atoms with Crippen molar-refractivity contribution in [2.75, 3.05) is 7.05 Å². The van der Waals surface area contributed by atoms with Crippen LogP contribution in [0, 0.1) is 18.3 Å². The molecule has 4 nitrogen and oxygen atoms in total. The summed E-state index contributed by atoms with van der Waals surface area (Å²) < 4.78 is 2.85. The number of nitrogens with one attached hydrogen (secondary N) is 1. The van der Waals surface area contributed by atoms with Crippen molar-refractivity contribution in [3.8, 4) is 11.8 Å². The number of rotatable bonds is 3. The third-order valence-electron chi connectivity index (χ3n) is 2.76. The quantitative estimate of drug-likeness (QED) is 0.948. The van der Waals surface area contributed by atoms with E-state index in [9.17, 15) is 5.26 Å². The second-order valence-corrected chi connectivity index (χ2v) is 4.87. The number of aromatic nitrogens is 2. The Hall–Kier alpha value is -1.64. The molecule has 0 aliphatic rings. The summed E-state index contributed by atoms with van der Waals surface area (Å²) in [6.45, 7) is 2.68. The highest BCUT2D eigenvalue weighted by Gasteiger charge is 2.11. The van der Waals surface area contributed by atoms with Crippen LogP contribution in [-0.2, 0) is 6.54 Å². The van der Waals surface area contributed by atoms with Crippen molar-refractivity contribution in [1.29, 1.82) is 5.26 Å². The topological polar surface area (TPSA) is 53.6 Å². The number of hydrogen-bond donors (Lipinski definition) is 1. The largest absolute Gasteiger partial charge is 0.314 e. The normalized spacial score (nSPS) is 10.3. The molecule has 1 aromatic carbocycles. The fraction of sp³-hybridized carbons (Fsp3) is 0.231. The summed E-state index contributed by atoms with van der Waals surface area (Å²) in [6, 6.07) is 7.87. The molecule has 0 saturated carbocycles. The van der Waals surface area contributed by atoms with E-state index in [-0.39, 0.29) is 0 Å². The Labute approximate surface area is 114 Å². The van der Waals surface area contributed by atoms with Gasteiger partial charge in [0.15, 0.2) is 0 Å². The molecule has 18 heavy (non-hydrogen) atoms. The summed E-state index contributed by atoms with van der Waals surface area (Å²) in [7, 11) is 1.89. The van der Waals surface area contributed by atoms with Gasteiger partial charge in [-0.25, -0.2) is 4.98 Å². The van der Waals surface area contributed by atoms with Crippen molar-refractivity contribution in [1.82, 2.24) is 14.9 Å². The lowest BCUT2D eigenvalue weighted by Gasteiger charge is -2.10. The van der Waals surface area contributed by atoms with Gasteiger partial charge in [0, 0.05) is 11.0 Å². The summed E-state index contributed by atoms with van der Waals surface area (Å²) in [6.07, 6.45) is 1.76. The van der Waals surface area contributed by atoms with Gasteiger partial charge in [-0.3, -0.25) is 0 Å². The number of benzene rings is 1. The summed E-state index contributed by atoms with van der Waals surface area (Å²) in [4.78, 5) is 4.31. The second kappa shape index (κ2) is 5.34. The van der Waals surface area contributed by atoms with Crippen LogP contribution < -0.4 is 5.32 Å². The van der Waals surface area contributed by atoms with Crippen molar-refractivity contribution in [3.05, 3.63) is 46.0 Å². The lowest BCUT2D eigenvalue weighted by Crippen LogP contribution is -2.11. The first-order valence-corrected chi connectivity index (χ1v) is 6.34. The average Bonchev–Trinajstić information content (AvgIpc) is 2.72. The number of nitrogens with zero attached hydrogens (tertiary/aromatic N) is 3. The Bertz CT molecular complexity index is 610. The molecule has 1 N–H and O–H groups in total. The molecule has 2 aromatic rings. The number of nitriles is 1. The van der Waals surface area contributed by atoms with Gasteiger partial charge in [-0.2, -0.15) is 5.26 Å². The predicted molar refractivity (Wildman–Crippen MR) is 73.5 cm³/mol. The minimum Gasteiger partial charge on any atom is -0.314 e. The fourth-order valence-corrected chi connectivity index (χ4v) is 2.22. The third kappa shape index (κ3) is 2.30. The van der Waals surface area contributed by atoms with Crippen LogP contribution in [-0.4, -0.2) is 16.6 Å². The van der Waals surface area contributed by atoms with Crippen molar-refractivity contribution in [2.45, 2.75) is 13.5 Å². The predicted octanol–water partition coefficient (Wildman–Crippen LogP) is 2.53. The van der Waals surface area contributed by atoms with Gasteiger partial charge in [-0.05, 0) is 32.2 Å². The van der Waals surface area contributed by atoms with Crippen LogP contribution in [0.5, 0.6) is 0 Å². The van der Waals surface area contributed by atoms with Gasteiger partial charge in [0.2, 0.25) is 0 Å². The van der Waals surface area contributed by atoms with E-state index in [1.54, 1.807) is 6.33 Å². The standard InChI is InChI=1S/C13H13BrN4/c1-9-13(7-16-2)18(8-17-9)12-4-3-11(14)5-10(12)6-15/h3-5,8,16H,7H2,1-2H3. The molecule has 5 heteroatoms. The fourth-order valence-electron chi connectivity index (χ4n) is 1.86. The van der Waals surface area contributed by atoms with E-state index in [1.165, 1.54) is 0 Å². The lowest BCUT2D eigenvalue weighted by molar-refractivity contribution is 0.762. The smallest absolute Gasteiger partial charge is 0.101 e. The molecule has 1 heterocycles. The molecular formula is C13H13BrN4. The van der Waals surface area contributed by atoms with E-state index < -0.39 is 0 Å². The average molecular weight is 305 g/mol. The van der Waals surface area contributed by atoms with Crippen LogP contribution >= 0.6 is 15.9 Å². The zero-order valence-corrected chi connectivity index (χ0v) is 11.8. The third-order valence-corrected chi connectivity index (χ3v) is 3.25. The van der Waals surface area contributed by atoms with Gasteiger partial charge in [0.25, 0.3) is 0 Å². The molecule has 0 fully saturated rings. The number of hydrogen-bond acceptors (Lipinski definition) is 3. The molecule has 1 aromatic heterocycles. The van der Waals surface area contributed by atoms with Crippen LogP contribution in [0.1, 0.15) is 17.0 Å². The van der Waals surface area contributed by atoms with Crippen molar-refractivity contribution < 1.29 is 0 Å². The molecule has 92 valence electrons. The molecular weight excluding hydrogens is 292 g/mol. The first-order chi connectivity index (χ1) is 8.67. The van der Waals surface area contributed by atoms with Gasteiger partial charge >= 0.3 is 0 Å². The molecule has 0 unspecified atom stereocenters. The van der Waals surface area contributed by atoms with E-state index in [4.69, 9.17) is 0 Å². The number of aryl methyl sites for hydroxylation is 1. The number of imidazole rings is 1. The Morgan fingerprint density at radius 1 is 1.50 bits per heavy atom. The van der Waals surface area contributed by atoms with Gasteiger partial charge in [0.05, 0.1) is 29.0 Å². The van der Waals surface area contributed by atoms with Gasteiger partial charge in [-0.1, -0.05) is 15.9 Å². The summed E-state index contributed by atoms with van der Waals surface area (Å²) in [5.41, 5.74) is 3.51. The van der Waals surface area contributed by atoms with Gasteiger partial charge in [0.1, 0.15) is 6.07 Å². The van der Waals surface area contributed by atoms with E-state index in [1.807, 2.05) is 36.7 Å². The second-order valence-electron chi connectivity index (χ2n) is 3.95. The first-order valence-electron chi connectivity index (χ1n) is 5.54. The van der Waals surface area contributed by atoms with Crippen LogP contribution in [0.15, 0.2) is 29.0 Å². The molecule has 0 spiro atoms. The zero-order chi connectivity index (χ0) is 13.1. The maximum atomic E-state index is 9.21. The maximum Gasteiger partial charge on any atom is 0.101 e. The van der Waals surface area contributed by atoms with E-state index in [2.05, 4.69) is 32.3 Å². The highest BCUT2D eigenvalue weighted by Crippen LogP contribution is 2.22. The molecule has 0 amide bonds. The molecule has 0 saturated heterocycles. The van der Waals surface area contributed by atoms with Crippen LogP contribution in [0.3, 0.4) is 0 Å². The minimum absolute atomic E-state index is 0.624. The molecule has 0 atom stereocenters. The highest BCUT2D eigenvalue weighted by atomic mass is 79.9. The Morgan fingerprint density at radius 2 is 2.28 bits per heavy atom. The Morgan fingerprint density at radius 3 is 2.94 bits per heavy atom. The molecule has 0 aliphatic carbocycles. The molecule has 0 aliphatic heterocycles. The Kier molecular flexibility index (Phi) is 3.80. The Balaban J connectivity index is 2.59. The monoisotopic (exact) mass is 304 g/mol. The van der Waals surface area contributed by atoms with Crippen molar-refractivity contribution in [2.24, 2.45) is 0 Å². The lowest BCUT2D eigenvalue weighted by atomic mass is 10.2. The minimum atomic E-state index is 0.624. The van der Waals surface area contributed by atoms with Gasteiger partial charge < -0.3 is 9.88 Å². The van der Waals surface area contributed by atoms with E-state index >= 15 is 0 Å². The van der Waals surface area contributed by atoms with Crippen LogP contribution in [0.2, 0.25) is 0 Å². The SMILES string of the molecule is CNCc1c(C)ncn1-c1ccc(Br)cc1C#N.